The van der Waals surface area contributed by atoms with E-state index in [-0.39, 0.29) is 26.4 Å². The standard InChI is InChI=1S/C10H14F3NO.C10H20.C9H19N.3C9H18.C9H16.C7H13F.CH4/c1-7(2)8-3-5-14(6-4-8)9(15)10(11,12)13;1-8(2)10-6-4-9(3)5-7-10;1-8(2)9-4-6-10(3)7-5-9;4*1-8(2)9-6-4-3-5-7-9;1-6(2)7(8)4-3-5-7;/h3,7H,4-6H2,1-2H3;8-10H,4-7H2,1-3H3;8-9H,4-7H2,1-3H3;3*8-9H,3-7H2,1-2H3;6,8H,3-5,7H2,1-2H3;6H,3-5H2,1-2H3;1H4. The Balaban J connectivity index is 0.000000896. The number of amides is 1. The summed E-state index contributed by atoms with van der Waals surface area (Å²) in [7, 11) is 2.22. The van der Waals surface area contributed by atoms with E-state index in [9.17, 15) is 22.4 Å². The van der Waals surface area contributed by atoms with E-state index in [4.69, 9.17) is 0 Å². The molecule has 2 heterocycles. The summed E-state index contributed by atoms with van der Waals surface area (Å²) < 4.78 is 49.3. The molecule has 6 fully saturated rings. The predicted octanol–water partition coefficient (Wildman–Crippen LogP) is 23.8. The molecule has 0 bridgehead atoms. The van der Waals surface area contributed by atoms with E-state index in [0.717, 1.165) is 101 Å². The Hall–Kier alpha value is -1.37. The Kier molecular flexibility index (Phi) is 42.5. The summed E-state index contributed by atoms with van der Waals surface area (Å²) >= 11 is 0. The summed E-state index contributed by atoms with van der Waals surface area (Å²) in [5, 5.41) is 0. The fourth-order valence-corrected chi connectivity index (χ4v) is 13.1. The molecule has 2 aliphatic heterocycles. The summed E-state index contributed by atoms with van der Waals surface area (Å²) in [5.74, 6) is 10.5. The van der Waals surface area contributed by atoms with Crippen LogP contribution in [0, 0.1) is 82.9 Å². The van der Waals surface area contributed by atoms with E-state index in [1.54, 1.807) is 11.6 Å². The predicted molar refractivity (Wildman–Crippen MR) is 346 cm³/mol. The highest BCUT2D eigenvalue weighted by Gasteiger charge is 2.43. The van der Waals surface area contributed by atoms with Crippen LogP contribution in [0.3, 0.4) is 0 Å². The molecule has 6 aliphatic carbocycles. The van der Waals surface area contributed by atoms with Gasteiger partial charge in [0.25, 0.3) is 0 Å². The summed E-state index contributed by atoms with van der Waals surface area (Å²) in [5.41, 5.74) is 2.03. The van der Waals surface area contributed by atoms with Crippen molar-refractivity contribution in [2.24, 2.45) is 82.9 Å². The lowest BCUT2D eigenvalue weighted by Crippen LogP contribution is -2.43. The topological polar surface area (TPSA) is 23.6 Å². The molecule has 1 saturated heterocycles. The number of halogens is 4. The van der Waals surface area contributed by atoms with Crippen molar-refractivity contribution in [3.8, 4) is 0 Å². The summed E-state index contributed by atoms with van der Waals surface area (Å²) in [6, 6.07) is 0. The van der Waals surface area contributed by atoms with Crippen molar-refractivity contribution >= 4 is 5.91 Å². The summed E-state index contributed by atoms with van der Waals surface area (Å²) in [6.07, 6.45) is 39.3. The quantitative estimate of drug-likeness (QED) is 0.179. The van der Waals surface area contributed by atoms with E-state index >= 15 is 0 Å². The molecule has 0 atom stereocenters. The molecule has 0 N–H and O–H groups in total. The third-order valence-electron chi connectivity index (χ3n) is 20.3. The van der Waals surface area contributed by atoms with E-state index < -0.39 is 17.8 Å². The molecule has 8 rings (SSSR count). The van der Waals surface area contributed by atoms with Crippen LogP contribution in [0.15, 0.2) is 23.3 Å². The molecule has 7 heteroatoms. The molecule has 0 aromatic rings. The molecule has 0 aromatic heterocycles. The van der Waals surface area contributed by atoms with Crippen LogP contribution >= 0.6 is 0 Å². The monoisotopic (exact) mass is 1140 g/mol. The first-order valence-corrected chi connectivity index (χ1v) is 34.2. The molecule has 0 unspecified atom stereocenters. The third kappa shape index (κ3) is 34.6. The number of alkyl halides is 4. The molecule has 0 aromatic carbocycles. The van der Waals surface area contributed by atoms with Crippen molar-refractivity contribution in [2.75, 3.05) is 33.2 Å². The van der Waals surface area contributed by atoms with Crippen molar-refractivity contribution in [1.82, 2.24) is 9.80 Å². The first-order valence-electron chi connectivity index (χ1n) is 34.2. The molecule has 3 nitrogen and oxygen atoms in total. The Morgan fingerprint density at radius 3 is 1.07 bits per heavy atom. The van der Waals surface area contributed by atoms with Gasteiger partial charge in [0.15, 0.2) is 0 Å². The first kappa shape index (κ1) is 78.6. The highest BCUT2D eigenvalue weighted by Crippen LogP contribution is 2.42. The van der Waals surface area contributed by atoms with Gasteiger partial charge in [-0.15, -0.1) is 0 Å². The molecule has 0 spiro atoms. The van der Waals surface area contributed by atoms with E-state index in [2.05, 4.69) is 108 Å². The van der Waals surface area contributed by atoms with Gasteiger partial charge < -0.3 is 9.80 Å². The van der Waals surface area contributed by atoms with Crippen molar-refractivity contribution in [3.63, 3.8) is 0 Å². The number of piperidine rings is 1. The van der Waals surface area contributed by atoms with Gasteiger partial charge in [-0.1, -0.05) is 258 Å². The average molecular weight is 1140 g/mol. The number of carbonyl (C=O) groups excluding carboxylic acids is 1. The van der Waals surface area contributed by atoms with Crippen LogP contribution in [0.5, 0.6) is 0 Å². The van der Waals surface area contributed by atoms with Gasteiger partial charge >= 0.3 is 12.1 Å². The number of allylic oxidation sites excluding steroid dienone is 2. The molecular formula is C73H140F4N2O. The lowest BCUT2D eigenvalue weighted by Gasteiger charge is -2.37. The smallest absolute Gasteiger partial charge is 0.331 e. The Morgan fingerprint density at radius 1 is 0.475 bits per heavy atom. The Morgan fingerprint density at radius 2 is 0.838 bits per heavy atom. The highest BCUT2D eigenvalue weighted by atomic mass is 19.4. The van der Waals surface area contributed by atoms with Crippen molar-refractivity contribution in [2.45, 2.75) is 323 Å². The number of nitrogens with zero attached hydrogens (tertiary/aromatic N) is 2. The lowest BCUT2D eigenvalue weighted by atomic mass is 9.74. The largest absolute Gasteiger partial charge is 0.471 e. The van der Waals surface area contributed by atoms with Crippen molar-refractivity contribution in [3.05, 3.63) is 23.3 Å². The summed E-state index contributed by atoms with van der Waals surface area (Å²) in [4.78, 5) is 14.1. The van der Waals surface area contributed by atoms with E-state index in [0.29, 0.717) is 12.3 Å². The fourth-order valence-electron chi connectivity index (χ4n) is 13.1. The van der Waals surface area contributed by atoms with Gasteiger partial charge in [0.2, 0.25) is 0 Å². The maximum atomic E-state index is 13.0. The molecule has 8 aliphatic rings. The van der Waals surface area contributed by atoms with Crippen LogP contribution in [-0.2, 0) is 4.79 Å². The maximum Gasteiger partial charge on any atom is 0.471 e. The van der Waals surface area contributed by atoms with Gasteiger partial charge in [-0.25, -0.2) is 4.39 Å². The van der Waals surface area contributed by atoms with E-state index in [1.807, 2.05) is 27.7 Å². The second-order valence-corrected chi connectivity index (χ2v) is 29.2. The van der Waals surface area contributed by atoms with E-state index in [1.165, 1.54) is 174 Å². The van der Waals surface area contributed by atoms with Crippen LogP contribution in [0.1, 0.15) is 311 Å². The van der Waals surface area contributed by atoms with Gasteiger partial charge in [-0.3, -0.25) is 4.79 Å². The van der Waals surface area contributed by atoms with Crippen LogP contribution in [0.2, 0.25) is 0 Å². The summed E-state index contributed by atoms with van der Waals surface area (Å²) in [6.45, 7) is 41.3. The lowest BCUT2D eigenvalue weighted by molar-refractivity contribution is -0.185. The van der Waals surface area contributed by atoms with Crippen molar-refractivity contribution < 1.29 is 22.4 Å². The van der Waals surface area contributed by atoms with Gasteiger partial charge in [-0.2, -0.15) is 13.2 Å². The van der Waals surface area contributed by atoms with Crippen molar-refractivity contribution in [1.29, 1.82) is 0 Å². The zero-order chi connectivity index (χ0) is 59.7. The Bertz CT molecular complexity index is 1460. The zero-order valence-electron chi connectivity index (χ0n) is 55.9. The normalized spacial score (nSPS) is 23.3. The zero-order valence-corrected chi connectivity index (χ0v) is 55.9. The van der Waals surface area contributed by atoms with Gasteiger partial charge in [-0.05, 0) is 180 Å². The molecule has 1 amide bonds. The van der Waals surface area contributed by atoms with Crippen LogP contribution in [0.25, 0.3) is 0 Å². The first-order chi connectivity index (χ1) is 37.1. The average Bonchev–Trinajstić information content (AvgIpc) is 3.42. The third-order valence-corrected chi connectivity index (χ3v) is 20.3. The van der Waals surface area contributed by atoms with Gasteiger partial charge in [0.1, 0.15) is 5.67 Å². The molecular weight excluding hydrogens is 997 g/mol. The fraction of sp³-hybridized carbons (Fsp3) is 0.932. The molecule has 5 saturated carbocycles. The second kappa shape index (κ2) is 43.3. The minimum absolute atomic E-state index is 0. The maximum absolute atomic E-state index is 13.0. The number of rotatable bonds is 8. The number of likely N-dealkylation sites (tertiary alicyclic amines) is 1. The highest BCUT2D eigenvalue weighted by molar-refractivity contribution is 5.82. The van der Waals surface area contributed by atoms with Crippen LogP contribution in [-0.4, -0.2) is 60.8 Å². The second-order valence-electron chi connectivity index (χ2n) is 29.2. The van der Waals surface area contributed by atoms with Gasteiger partial charge in [0.05, 0.1) is 0 Å². The molecule has 476 valence electrons. The molecule has 80 heavy (non-hydrogen) atoms. The minimum atomic E-state index is -4.75. The Labute approximate surface area is 498 Å². The number of carbonyl (C=O) groups is 1. The number of hydrogen-bond donors (Lipinski definition) is 0. The van der Waals surface area contributed by atoms with Crippen LogP contribution < -0.4 is 0 Å². The van der Waals surface area contributed by atoms with Crippen LogP contribution in [0.4, 0.5) is 17.6 Å². The molecule has 0 radical (unpaired) electrons. The minimum Gasteiger partial charge on any atom is -0.331 e. The number of hydrogen-bond acceptors (Lipinski definition) is 2. The van der Waals surface area contributed by atoms with Gasteiger partial charge in [0, 0.05) is 13.1 Å². The SMILES string of the molecule is C.CC(C)C1(F)CCC1.CC(C)C1=CCCCC1.CC(C)C1=CCN(C(=O)C(F)(F)F)CC1.CC(C)C1CCCCC1.CC(C)C1CCCCC1.CC(C)C1CCCCC1.CC(C)C1CCN(C)CC1.CC1CCC(C(C)C)CC1.